The Bertz CT molecular complexity index is 684. The van der Waals surface area contributed by atoms with Crippen molar-refractivity contribution in [3.8, 4) is 5.75 Å². The van der Waals surface area contributed by atoms with Crippen molar-refractivity contribution in [2.45, 2.75) is 24.8 Å². The molecule has 3 unspecified atom stereocenters. The van der Waals surface area contributed by atoms with Crippen molar-refractivity contribution >= 4 is 5.96 Å². The average Bonchev–Trinajstić information content (AvgIpc) is 3.50. The minimum atomic E-state index is 0.466. The highest BCUT2D eigenvalue weighted by Crippen LogP contribution is 2.28. The number of hydrogen-bond donors (Lipinski definition) is 1. The van der Waals surface area contributed by atoms with Gasteiger partial charge in [-0.2, -0.15) is 0 Å². The maximum Gasteiger partial charge on any atom is 0.193 e. The topological polar surface area (TPSA) is 58.6 Å². The Hall–Kier alpha value is -1.83. The molecule has 0 saturated carbocycles. The number of morpholine rings is 1. The number of ether oxygens (including phenoxy) is 3. The van der Waals surface area contributed by atoms with Gasteiger partial charge in [-0.1, -0.05) is 12.1 Å². The predicted molar refractivity (Wildman–Crippen MR) is 118 cm³/mol. The summed E-state index contributed by atoms with van der Waals surface area (Å²) in [5, 5.41) is 3.69. The Morgan fingerprint density at radius 3 is 2.60 bits per heavy atom. The van der Waals surface area contributed by atoms with Gasteiger partial charge in [0, 0.05) is 64.3 Å². The third-order valence-corrected chi connectivity index (χ3v) is 6.78. The fourth-order valence-electron chi connectivity index (χ4n) is 4.99. The summed E-state index contributed by atoms with van der Waals surface area (Å²) in [7, 11) is 3.61. The van der Waals surface area contributed by atoms with Gasteiger partial charge in [0.25, 0.3) is 0 Å². The number of likely N-dealkylation sites (tertiary alicyclic amines) is 1. The molecule has 0 aliphatic carbocycles. The van der Waals surface area contributed by atoms with Crippen LogP contribution in [0, 0.1) is 5.92 Å². The fourth-order valence-corrected chi connectivity index (χ4v) is 4.99. The first-order valence-electron chi connectivity index (χ1n) is 11.3. The van der Waals surface area contributed by atoms with Crippen LogP contribution >= 0.6 is 0 Å². The number of nitrogens with one attached hydrogen (secondary N) is 1. The van der Waals surface area contributed by atoms with Gasteiger partial charge in [-0.25, -0.2) is 0 Å². The third-order valence-electron chi connectivity index (χ3n) is 6.78. The number of hydrogen-bond acceptors (Lipinski definition) is 5. The van der Waals surface area contributed by atoms with Crippen molar-refractivity contribution < 1.29 is 14.2 Å². The van der Waals surface area contributed by atoms with Crippen molar-refractivity contribution in [2.24, 2.45) is 10.9 Å². The van der Waals surface area contributed by atoms with Gasteiger partial charge in [0.2, 0.25) is 0 Å². The van der Waals surface area contributed by atoms with Crippen molar-refractivity contribution in [3.63, 3.8) is 0 Å². The number of benzene rings is 1. The van der Waals surface area contributed by atoms with Crippen molar-refractivity contribution in [1.82, 2.24) is 15.1 Å². The van der Waals surface area contributed by atoms with Crippen molar-refractivity contribution in [3.05, 3.63) is 29.8 Å². The zero-order chi connectivity index (χ0) is 20.8. The first-order chi connectivity index (χ1) is 14.8. The van der Waals surface area contributed by atoms with E-state index in [9.17, 15) is 0 Å². The molecule has 0 spiro atoms. The second-order valence-electron chi connectivity index (χ2n) is 8.47. The van der Waals surface area contributed by atoms with E-state index in [2.05, 4.69) is 44.4 Å². The van der Waals surface area contributed by atoms with Gasteiger partial charge in [-0.3, -0.25) is 9.89 Å². The Kier molecular flexibility index (Phi) is 7.47. The molecule has 7 heteroatoms. The van der Waals surface area contributed by atoms with Gasteiger partial charge < -0.3 is 24.4 Å². The zero-order valence-electron chi connectivity index (χ0n) is 18.4. The zero-order valence-corrected chi connectivity index (χ0v) is 18.4. The minimum absolute atomic E-state index is 0.466. The lowest BCUT2D eigenvalue weighted by molar-refractivity contribution is 0.00236. The van der Waals surface area contributed by atoms with Crippen molar-refractivity contribution in [2.75, 3.05) is 73.3 Å². The molecule has 3 saturated heterocycles. The van der Waals surface area contributed by atoms with Gasteiger partial charge >= 0.3 is 0 Å². The normalized spacial score (nSPS) is 26.7. The highest BCUT2D eigenvalue weighted by molar-refractivity contribution is 5.80. The van der Waals surface area contributed by atoms with E-state index in [-0.39, 0.29) is 0 Å². The maximum atomic E-state index is 5.71. The van der Waals surface area contributed by atoms with Crippen LogP contribution in [0.5, 0.6) is 5.75 Å². The molecule has 3 aliphatic rings. The summed E-state index contributed by atoms with van der Waals surface area (Å²) in [5.41, 5.74) is 1.38. The molecule has 166 valence electrons. The SMILES string of the molecule is CN=C(NCC(C1CCOC1)N1CCOCC1)N1CCC(c2ccc(OC)cc2)C1. The van der Waals surface area contributed by atoms with Gasteiger partial charge in [0.1, 0.15) is 5.75 Å². The molecule has 1 aromatic rings. The van der Waals surface area contributed by atoms with Gasteiger partial charge in [-0.05, 0) is 30.5 Å². The standard InChI is InChI=1S/C23H36N4O3/c1-24-23(27-9-7-19(16-27)18-3-5-21(28-2)6-4-18)25-15-22(20-8-12-30-17-20)26-10-13-29-14-11-26/h3-6,19-20,22H,7-17H2,1-2H3,(H,24,25). The van der Waals surface area contributed by atoms with Crippen LogP contribution in [0.15, 0.2) is 29.3 Å². The highest BCUT2D eigenvalue weighted by Gasteiger charge is 2.32. The van der Waals surface area contributed by atoms with E-state index in [0.29, 0.717) is 17.9 Å². The van der Waals surface area contributed by atoms with Gasteiger partial charge in [0.05, 0.1) is 26.9 Å². The molecule has 3 aliphatic heterocycles. The lowest BCUT2D eigenvalue weighted by Gasteiger charge is -2.38. The van der Waals surface area contributed by atoms with Crippen LogP contribution in [0.4, 0.5) is 0 Å². The summed E-state index contributed by atoms with van der Waals surface area (Å²) in [4.78, 5) is 9.58. The quantitative estimate of drug-likeness (QED) is 0.564. The fraction of sp³-hybridized carbons (Fsp3) is 0.696. The average molecular weight is 417 g/mol. The number of methoxy groups -OCH3 is 1. The molecular formula is C23H36N4O3. The van der Waals surface area contributed by atoms with Crippen LogP contribution in [0.25, 0.3) is 0 Å². The summed E-state index contributed by atoms with van der Waals surface area (Å²) in [6.07, 6.45) is 2.29. The van der Waals surface area contributed by atoms with Crippen LogP contribution in [0.1, 0.15) is 24.3 Å². The Morgan fingerprint density at radius 1 is 1.13 bits per heavy atom. The Labute approximate surface area is 180 Å². The van der Waals surface area contributed by atoms with E-state index in [1.165, 1.54) is 5.56 Å². The molecule has 1 N–H and O–H groups in total. The lowest BCUT2D eigenvalue weighted by atomic mass is 9.97. The predicted octanol–water partition coefficient (Wildman–Crippen LogP) is 1.80. The van der Waals surface area contributed by atoms with Crippen LogP contribution in [-0.4, -0.2) is 95.1 Å². The molecule has 3 fully saturated rings. The molecule has 3 atom stereocenters. The number of rotatable bonds is 6. The first kappa shape index (κ1) is 21.4. The molecular weight excluding hydrogens is 380 g/mol. The molecule has 0 aromatic heterocycles. The van der Waals surface area contributed by atoms with Gasteiger partial charge in [0.15, 0.2) is 5.96 Å². The molecule has 0 amide bonds. The number of aliphatic imine (C=N–C) groups is 1. The highest BCUT2D eigenvalue weighted by atomic mass is 16.5. The van der Waals surface area contributed by atoms with Crippen LogP contribution in [0.3, 0.4) is 0 Å². The van der Waals surface area contributed by atoms with Crippen LogP contribution in [-0.2, 0) is 9.47 Å². The second kappa shape index (κ2) is 10.5. The van der Waals surface area contributed by atoms with E-state index in [1.54, 1.807) is 7.11 Å². The molecule has 7 nitrogen and oxygen atoms in total. The van der Waals surface area contributed by atoms with Crippen LogP contribution < -0.4 is 10.1 Å². The molecule has 4 rings (SSSR count). The summed E-state index contributed by atoms with van der Waals surface area (Å²) >= 11 is 0. The van der Waals surface area contributed by atoms with Crippen molar-refractivity contribution in [1.29, 1.82) is 0 Å². The second-order valence-corrected chi connectivity index (χ2v) is 8.47. The summed E-state index contributed by atoms with van der Waals surface area (Å²) < 4.78 is 16.6. The summed E-state index contributed by atoms with van der Waals surface area (Å²) in [5.74, 6) is 3.05. The molecule has 1 aromatic carbocycles. The third kappa shape index (κ3) is 5.07. The molecule has 0 bridgehead atoms. The number of guanidine groups is 1. The van der Waals surface area contributed by atoms with Gasteiger partial charge in [-0.15, -0.1) is 0 Å². The summed E-state index contributed by atoms with van der Waals surface area (Å²) in [6.45, 7) is 8.36. The monoisotopic (exact) mass is 416 g/mol. The molecule has 0 radical (unpaired) electrons. The Balaban J connectivity index is 1.35. The maximum absolute atomic E-state index is 5.71. The first-order valence-corrected chi connectivity index (χ1v) is 11.3. The van der Waals surface area contributed by atoms with E-state index in [4.69, 9.17) is 14.2 Å². The Morgan fingerprint density at radius 2 is 1.93 bits per heavy atom. The molecule has 30 heavy (non-hydrogen) atoms. The smallest absolute Gasteiger partial charge is 0.193 e. The lowest BCUT2D eigenvalue weighted by Crippen LogP contribution is -2.54. The minimum Gasteiger partial charge on any atom is -0.497 e. The largest absolute Gasteiger partial charge is 0.497 e. The van der Waals surface area contributed by atoms with E-state index >= 15 is 0 Å². The van der Waals surface area contributed by atoms with E-state index in [0.717, 1.165) is 83.7 Å². The van der Waals surface area contributed by atoms with E-state index < -0.39 is 0 Å². The van der Waals surface area contributed by atoms with E-state index in [1.807, 2.05) is 7.05 Å². The number of nitrogens with zero attached hydrogens (tertiary/aromatic N) is 3. The molecule has 3 heterocycles. The van der Waals surface area contributed by atoms with Crippen LogP contribution in [0.2, 0.25) is 0 Å². The summed E-state index contributed by atoms with van der Waals surface area (Å²) in [6, 6.07) is 8.96.